The molecule has 0 radical (unpaired) electrons. The normalized spacial score (nSPS) is 22.3. The number of likely N-dealkylation sites (tertiary alicyclic amines) is 1. The number of nitrogens with zero attached hydrogens (tertiary/aromatic N) is 3. The van der Waals surface area contributed by atoms with E-state index in [1.165, 1.54) is 30.6 Å². The summed E-state index contributed by atoms with van der Waals surface area (Å²) in [6.45, 7) is 4.69. The van der Waals surface area contributed by atoms with E-state index >= 15 is 0 Å². The molecule has 11 heteroatoms. The van der Waals surface area contributed by atoms with Crippen molar-refractivity contribution in [2.24, 2.45) is 10.4 Å². The molecule has 0 amide bonds. The third kappa shape index (κ3) is 4.84. The first kappa shape index (κ1) is 24.3. The molecule has 0 saturated carbocycles. The molecule has 1 saturated heterocycles. The van der Waals surface area contributed by atoms with Crippen molar-refractivity contribution in [1.29, 1.82) is 0 Å². The Balaban J connectivity index is 1.84. The van der Waals surface area contributed by atoms with Crippen LogP contribution in [0.4, 0.5) is 4.39 Å². The number of benzene rings is 1. The lowest BCUT2D eigenvalue weighted by Gasteiger charge is -2.31. The van der Waals surface area contributed by atoms with Gasteiger partial charge in [0.25, 0.3) is 0 Å². The number of methoxy groups -OCH3 is 1. The Hall–Kier alpha value is -2.82. The van der Waals surface area contributed by atoms with Gasteiger partial charge in [-0.1, -0.05) is 31.5 Å². The number of carbonyl (C=O) groups excluding carboxylic acids is 1. The molecular weight excluding hydrogens is 483 g/mol. The Morgan fingerprint density at radius 2 is 2.18 bits per heavy atom. The summed E-state index contributed by atoms with van der Waals surface area (Å²) >= 11 is 7.72. The van der Waals surface area contributed by atoms with Crippen LogP contribution in [0.2, 0.25) is 5.02 Å². The predicted molar refractivity (Wildman–Crippen MR) is 126 cm³/mol. The van der Waals surface area contributed by atoms with Crippen molar-refractivity contribution in [3.63, 3.8) is 0 Å². The molecule has 0 bridgehead atoms. The Labute approximate surface area is 205 Å². The Morgan fingerprint density at radius 1 is 1.41 bits per heavy atom. The quantitative estimate of drug-likeness (QED) is 0.576. The molecule has 2 atom stereocenters. The fourth-order valence-electron chi connectivity index (χ4n) is 4.46. The van der Waals surface area contributed by atoms with Crippen LogP contribution < -0.4 is 5.32 Å². The van der Waals surface area contributed by atoms with Gasteiger partial charge in [0.2, 0.25) is 0 Å². The van der Waals surface area contributed by atoms with Gasteiger partial charge in [0.05, 0.1) is 12.7 Å². The number of esters is 1. The van der Waals surface area contributed by atoms with Crippen LogP contribution in [0.3, 0.4) is 0 Å². The van der Waals surface area contributed by atoms with Crippen molar-refractivity contribution in [1.82, 2.24) is 15.2 Å². The topological polar surface area (TPSA) is 104 Å². The molecule has 2 aromatic rings. The van der Waals surface area contributed by atoms with Gasteiger partial charge in [0.15, 0.2) is 10.8 Å². The molecule has 3 heterocycles. The Bertz CT molecular complexity index is 1180. The zero-order valence-corrected chi connectivity index (χ0v) is 20.4. The number of carboxylic acids is 1. The average molecular weight is 507 g/mol. The highest BCUT2D eigenvalue weighted by Crippen LogP contribution is 2.39. The van der Waals surface area contributed by atoms with Crippen LogP contribution in [0.25, 0.3) is 0 Å². The highest BCUT2D eigenvalue weighted by atomic mass is 35.5. The summed E-state index contributed by atoms with van der Waals surface area (Å²) in [6.07, 6.45) is 2.11. The van der Waals surface area contributed by atoms with Gasteiger partial charge in [-0.05, 0) is 24.0 Å². The van der Waals surface area contributed by atoms with Gasteiger partial charge in [-0.15, -0.1) is 11.3 Å². The number of hydrogen-bond donors (Lipinski definition) is 2. The molecular formula is C23H24ClFN4O4S. The maximum Gasteiger partial charge on any atom is 0.338 e. The Kier molecular flexibility index (Phi) is 6.75. The van der Waals surface area contributed by atoms with Crippen molar-refractivity contribution >= 4 is 40.7 Å². The molecule has 8 nitrogen and oxygen atoms in total. The van der Waals surface area contributed by atoms with Crippen LogP contribution in [0.5, 0.6) is 0 Å². The number of ether oxygens (including phenoxy) is 1. The van der Waals surface area contributed by atoms with Gasteiger partial charge >= 0.3 is 11.9 Å². The summed E-state index contributed by atoms with van der Waals surface area (Å²) in [5.41, 5.74) is 0.843. The molecule has 0 aliphatic carbocycles. The fourth-order valence-corrected chi connectivity index (χ4v) is 5.32. The molecule has 0 spiro atoms. The number of carbonyl (C=O) groups is 2. The highest BCUT2D eigenvalue weighted by Gasteiger charge is 2.43. The van der Waals surface area contributed by atoms with Gasteiger partial charge in [0, 0.05) is 40.9 Å². The standard InChI is InChI=1S/C23H24ClFN4O4S/c1-23(2)9-16(21(30)31)29(11-23)10-15-17(22(32)33-3)18(13-5-4-12(25)8-14(13)24)28-19(27-15)20-26-6-7-34-20/h4-8,16,18H,9-11H2,1-3H3,(H,27,28)(H,30,31)/t16-,18-/m0/s1. The summed E-state index contributed by atoms with van der Waals surface area (Å²) < 4.78 is 18.8. The maximum absolute atomic E-state index is 13.8. The molecule has 2 aliphatic heterocycles. The van der Waals surface area contributed by atoms with E-state index in [2.05, 4.69) is 10.3 Å². The van der Waals surface area contributed by atoms with Crippen molar-refractivity contribution in [2.45, 2.75) is 32.4 Å². The number of amidine groups is 1. The summed E-state index contributed by atoms with van der Waals surface area (Å²) in [7, 11) is 1.26. The predicted octanol–water partition coefficient (Wildman–Crippen LogP) is 3.64. The van der Waals surface area contributed by atoms with Crippen molar-refractivity contribution in [2.75, 3.05) is 20.2 Å². The van der Waals surface area contributed by atoms with Crippen molar-refractivity contribution < 1.29 is 23.8 Å². The first-order valence-electron chi connectivity index (χ1n) is 10.6. The number of aromatic nitrogens is 1. The number of thiazole rings is 1. The third-order valence-corrected chi connectivity index (χ3v) is 6.99. The van der Waals surface area contributed by atoms with Crippen LogP contribution in [0, 0.1) is 11.2 Å². The van der Waals surface area contributed by atoms with E-state index in [0.29, 0.717) is 35.1 Å². The van der Waals surface area contributed by atoms with Crippen molar-refractivity contribution in [3.05, 3.63) is 62.5 Å². The molecule has 1 aromatic carbocycles. The first-order chi connectivity index (χ1) is 16.1. The SMILES string of the molecule is COC(=O)C1=C(CN2CC(C)(C)C[C@H]2C(=O)O)NC(c2nccs2)=N[C@H]1c1ccc(F)cc1Cl. The number of rotatable bonds is 6. The van der Waals surface area contributed by atoms with Gasteiger partial charge in [0.1, 0.15) is 17.9 Å². The second-order valence-electron chi connectivity index (χ2n) is 9.02. The second-order valence-corrected chi connectivity index (χ2v) is 10.3. The zero-order valence-electron chi connectivity index (χ0n) is 18.8. The summed E-state index contributed by atoms with van der Waals surface area (Å²) in [4.78, 5) is 35.8. The summed E-state index contributed by atoms with van der Waals surface area (Å²) in [5.74, 6) is -1.67. The molecule has 1 aromatic heterocycles. The zero-order chi connectivity index (χ0) is 24.6. The molecule has 180 valence electrons. The minimum absolute atomic E-state index is 0.112. The van der Waals surface area contributed by atoms with E-state index in [9.17, 15) is 19.1 Å². The number of carboxylic acid groups (broad SMARTS) is 1. The highest BCUT2D eigenvalue weighted by molar-refractivity contribution is 7.11. The van der Waals surface area contributed by atoms with E-state index in [1.54, 1.807) is 11.6 Å². The Morgan fingerprint density at radius 3 is 2.79 bits per heavy atom. The van der Waals surface area contributed by atoms with Crippen molar-refractivity contribution in [3.8, 4) is 0 Å². The second kappa shape index (κ2) is 9.44. The molecule has 2 N–H and O–H groups in total. The fraction of sp³-hybridized carbons (Fsp3) is 0.391. The van der Waals surface area contributed by atoms with Gasteiger partial charge < -0.3 is 15.2 Å². The summed E-state index contributed by atoms with van der Waals surface area (Å²) in [6, 6.07) is 2.29. The van der Waals surface area contributed by atoms with Crippen LogP contribution in [-0.2, 0) is 14.3 Å². The minimum atomic E-state index is -0.923. The van der Waals surface area contributed by atoms with E-state index in [0.717, 1.165) is 6.07 Å². The number of aliphatic carboxylic acids is 1. The lowest BCUT2D eigenvalue weighted by Crippen LogP contribution is -2.43. The van der Waals surface area contributed by atoms with Crippen LogP contribution in [0.1, 0.15) is 36.9 Å². The van der Waals surface area contributed by atoms with E-state index < -0.39 is 29.8 Å². The van der Waals surface area contributed by atoms with E-state index in [-0.39, 0.29) is 22.6 Å². The smallest absolute Gasteiger partial charge is 0.338 e. The molecule has 1 fully saturated rings. The van der Waals surface area contributed by atoms with Gasteiger partial charge in [-0.2, -0.15) is 0 Å². The maximum atomic E-state index is 13.8. The molecule has 4 rings (SSSR count). The van der Waals surface area contributed by atoms with E-state index in [1.807, 2.05) is 18.7 Å². The number of halogens is 2. The monoisotopic (exact) mass is 506 g/mol. The lowest BCUT2D eigenvalue weighted by molar-refractivity contribution is -0.142. The van der Waals surface area contributed by atoms with Crippen LogP contribution in [-0.4, -0.2) is 59.0 Å². The van der Waals surface area contributed by atoms with Crippen LogP contribution >= 0.6 is 22.9 Å². The third-order valence-electron chi connectivity index (χ3n) is 5.89. The molecule has 34 heavy (non-hydrogen) atoms. The minimum Gasteiger partial charge on any atom is -0.480 e. The summed E-state index contributed by atoms with van der Waals surface area (Å²) in [5, 5.41) is 15.5. The average Bonchev–Trinajstić information content (AvgIpc) is 3.40. The largest absolute Gasteiger partial charge is 0.480 e. The number of nitrogens with one attached hydrogen (secondary N) is 1. The van der Waals surface area contributed by atoms with Gasteiger partial charge in [-0.25, -0.2) is 14.2 Å². The first-order valence-corrected chi connectivity index (χ1v) is 11.8. The number of aliphatic imine (C=N–C) groups is 1. The molecule has 0 unspecified atom stereocenters. The van der Waals surface area contributed by atoms with Gasteiger partial charge in [-0.3, -0.25) is 14.7 Å². The number of hydrogen-bond acceptors (Lipinski definition) is 8. The lowest BCUT2D eigenvalue weighted by atomic mass is 9.91. The van der Waals surface area contributed by atoms with Crippen LogP contribution in [0.15, 0.2) is 46.0 Å². The van der Waals surface area contributed by atoms with E-state index in [4.69, 9.17) is 21.3 Å². The molecule has 2 aliphatic rings.